The molecule has 4 nitrogen and oxygen atoms in total. The monoisotopic (exact) mass is 257 g/mol. The molecule has 0 spiro atoms. The molecule has 0 aliphatic rings. The normalized spacial score (nSPS) is 10.8. The summed E-state index contributed by atoms with van der Waals surface area (Å²) in [6.45, 7) is 6.58. The summed E-state index contributed by atoms with van der Waals surface area (Å²) in [5.41, 5.74) is 8.57. The summed E-state index contributed by atoms with van der Waals surface area (Å²) in [5, 5.41) is 0. The van der Waals surface area contributed by atoms with Crippen LogP contribution >= 0.6 is 0 Å². The molecule has 0 aliphatic heterocycles. The molecular weight excluding hydrogens is 238 g/mol. The molecule has 2 aromatic rings. The molecule has 2 N–H and O–H groups in total. The molecule has 19 heavy (non-hydrogen) atoms. The second-order valence-corrected chi connectivity index (χ2v) is 4.79. The number of hydrogen-bond donors (Lipinski definition) is 1. The molecule has 0 saturated heterocycles. The van der Waals surface area contributed by atoms with E-state index >= 15 is 0 Å². The lowest BCUT2D eigenvalue weighted by atomic mass is 10.1. The maximum Gasteiger partial charge on any atom is 0.219 e. The molecule has 0 atom stereocenters. The Morgan fingerprint density at radius 2 is 2.11 bits per heavy atom. The zero-order chi connectivity index (χ0) is 13.8. The first kappa shape index (κ1) is 13.5. The van der Waals surface area contributed by atoms with Crippen molar-refractivity contribution in [2.75, 3.05) is 0 Å². The van der Waals surface area contributed by atoms with Gasteiger partial charge in [0.1, 0.15) is 0 Å². The van der Waals surface area contributed by atoms with Crippen LogP contribution in [0.1, 0.15) is 36.7 Å². The molecule has 0 aromatic carbocycles. The first-order chi connectivity index (χ1) is 9.10. The van der Waals surface area contributed by atoms with E-state index in [9.17, 15) is 0 Å². The van der Waals surface area contributed by atoms with Crippen molar-refractivity contribution in [3.63, 3.8) is 0 Å². The van der Waals surface area contributed by atoms with Crippen molar-refractivity contribution in [1.82, 2.24) is 9.97 Å². The highest BCUT2D eigenvalue weighted by molar-refractivity contribution is 5.33. The highest BCUT2D eigenvalue weighted by atomic mass is 16.5. The number of aryl methyl sites for hydroxylation is 1. The van der Waals surface area contributed by atoms with Gasteiger partial charge in [-0.15, -0.1) is 0 Å². The lowest BCUT2D eigenvalue weighted by Gasteiger charge is -2.12. The van der Waals surface area contributed by atoms with Crippen LogP contribution in [-0.2, 0) is 6.54 Å². The van der Waals surface area contributed by atoms with Crippen molar-refractivity contribution in [3.05, 3.63) is 47.4 Å². The molecule has 2 rings (SSSR count). The van der Waals surface area contributed by atoms with Crippen LogP contribution in [0, 0.1) is 6.92 Å². The van der Waals surface area contributed by atoms with Crippen LogP contribution in [0.4, 0.5) is 0 Å². The zero-order valence-electron chi connectivity index (χ0n) is 11.6. The second-order valence-electron chi connectivity index (χ2n) is 4.79. The standard InChI is InChI=1S/C15H19N3O/c1-10(2)13-7-12(9-16)8-15(18-13)19-14-5-4-6-17-11(14)3/h4-8,10H,9,16H2,1-3H3. The second kappa shape index (κ2) is 5.80. The quantitative estimate of drug-likeness (QED) is 0.914. The van der Waals surface area contributed by atoms with Gasteiger partial charge in [-0.3, -0.25) is 4.98 Å². The van der Waals surface area contributed by atoms with E-state index < -0.39 is 0 Å². The van der Waals surface area contributed by atoms with Crippen LogP contribution in [-0.4, -0.2) is 9.97 Å². The van der Waals surface area contributed by atoms with Gasteiger partial charge in [0, 0.05) is 24.5 Å². The number of hydrogen-bond acceptors (Lipinski definition) is 4. The topological polar surface area (TPSA) is 61.0 Å². The van der Waals surface area contributed by atoms with E-state index in [1.54, 1.807) is 6.20 Å². The predicted octanol–water partition coefficient (Wildman–Crippen LogP) is 3.16. The number of ether oxygens (including phenoxy) is 1. The minimum absolute atomic E-state index is 0.337. The van der Waals surface area contributed by atoms with Gasteiger partial charge in [0.2, 0.25) is 5.88 Å². The third-order valence-corrected chi connectivity index (χ3v) is 2.88. The SMILES string of the molecule is Cc1ncccc1Oc1cc(CN)cc(C(C)C)n1. The van der Waals surface area contributed by atoms with Crippen LogP contribution in [0.15, 0.2) is 30.5 Å². The number of nitrogens with two attached hydrogens (primary N) is 1. The average molecular weight is 257 g/mol. The average Bonchev–Trinajstić information content (AvgIpc) is 2.41. The lowest BCUT2D eigenvalue weighted by Crippen LogP contribution is -2.03. The Morgan fingerprint density at radius 3 is 2.74 bits per heavy atom. The van der Waals surface area contributed by atoms with E-state index in [0.29, 0.717) is 18.3 Å². The molecule has 0 unspecified atom stereocenters. The Balaban J connectivity index is 2.34. The van der Waals surface area contributed by atoms with E-state index in [0.717, 1.165) is 22.7 Å². The van der Waals surface area contributed by atoms with E-state index in [1.165, 1.54) is 0 Å². The van der Waals surface area contributed by atoms with Crippen molar-refractivity contribution in [2.24, 2.45) is 5.73 Å². The molecule has 0 bridgehead atoms. The fourth-order valence-electron chi connectivity index (χ4n) is 1.74. The molecule has 0 fully saturated rings. The van der Waals surface area contributed by atoms with Crippen molar-refractivity contribution in [1.29, 1.82) is 0 Å². The van der Waals surface area contributed by atoms with Gasteiger partial charge in [-0.1, -0.05) is 13.8 Å². The van der Waals surface area contributed by atoms with Gasteiger partial charge in [0.05, 0.1) is 5.69 Å². The van der Waals surface area contributed by atoms with Crippen LogP contribution in [0.3, 0.4) is 0 Å². The highest BCUT2D eigenvalue weighted by Crippen LogP contribution is 2.25. The van der Waals surface area contributed by atoms with Gasteiger partial charge >= 0.3 is 0 Å². The number of rotatable bonds is 4. The number of nitrogens with zero attached hydrogens (tertiary/aromatic N) is 2. The third-order valence-electron chi connectivity index (χ3n) is 2.88. The summed E-state index contributed by atoms with van der Waals surface area (Å²) in [6.07, 6.45) is 1.74. The highest BCUT2D eigenvalue weighted by Gasteiger charge is 2.08. The molecule has 2 heterocycles. The van der Waals surface area contributed by atoms with Gasteiger partial charge < -0.3 is 10.5 Å². The van der Waals surface area contributed by atoms with Gasteiger partial charge in [-0.25, -0.2) is 4.98 Å². The van der Waals surface area contributed by atoms with E-state index in [1.807, 2.05) is 31.2 Å². The summed E-state index contributed by atoms with van der Waals surface area (Å²) in [4.78, 5) is 8.71. The van der Waals surface area contributed by atoms with Crippen LogP contribution in [0.25, 0.3) is 0 Å². The molecule has 4 heteroatoms. The minimum Gasteiger partial charge on any atom is -0.437 e. The van der Waals surface area contributed by atoms with E-state index in [-0.39, 0.29) is 0 Å². The summed E-state index contributed by atoms with van der Waals surface area (Å²) in [6, 6.07) is 7.62. The molecule has 100 valence electrons. The van der Waals surface area contributed by atoms with Crippen molar-refractivity contribution < 1.29 is 4.74 Å². The van der Waals surface area contributed by atoms with E-state index in [4.69, 9.17) is 10.5 Å². The first-order valence-corrected chi connectivity index (χ1v) is 6.40. The number of pyridine rings is 2. The van der Waals surface area contributed by atoms with Crippen LogP contribution in [0.2, 0.25) is 0 Å². The fourth-order valence-corrected chi connectivity index (χ4v) is 1.74. The third kappa shape index (κ3) is 3.29. The molecule has 0 amide bonds. The van der Waals surface area contributed by atoms with Gasteiger partial charge in [0.25, 0.3) is 0 Å². The Morgan fingerprint density at radius 1 is 1.32 bits per heavy atom. The van der Waals surface area contributed by atoms with Crippen molar-refractivity contribution >= 4 is 0 Å². The maximum absolute atomic E-state index is 5.81. The zero-order valence-corrected chi connectivity index (χ0v) is 11.6. The van der Waals surface area contributed by atoms with Crippen LogP contribution in [0.5, 0.6) is 11.6 Å². The predicted molar refractivity (Wildman–Crippen MR) is 75.3 cm³/mol. The molecule has 2 aromatic heterocycles. The lowest BCUT2D eigenvalue weighted by molar-refractivity contribution is 0.452. The Hall–Kier alpha value is -1.94. The molecule has 0 saturated carbocycles. The summed E-state index contributed by atoms with van der Waals surface area (Å²) < 4.78 is 5.81. The molecular formula is C15H19N3O. The van der Waals surface area contributed by atoms with Crippen molar-refractivity contribution in [3.8, 4) is 11.6 Å². The maximum atomic E-state index is 5.81. The summed E-state index contributed by atoms with van der Waals surface area (Å²) >= 11 is 0. The Bertz CT molecular complexity index is 567. The minimum atomic E-state index is 0.337. The summed E-state index contributed by atoms with van der Waals surface area (Å²) in [7, 11) is 0. The van der Waals surface area contributed by atoms with E-state index in [2.05, 4.69) is 23.8 Å². The largest absolute Gasteiger partial charge is 0.437 e. The molecule has 0 radical (unpaired) electrons. The van der Waals surface area contributed by atoms with Gasteiger partial charge in [-0.2, -0.15) is 0 Å². The smallest absolute Gasteiger partial charge is 0.219 e. The van der Waals surface area contributed by atoms with Crippen LogP contribution < -0.4 is 10.5 Å². The molecule has 0 aliphatic carbocycles. The Kier molecular flexibility index (Phi) is 4.12. The van der Waals surface area contributed by atoms with Gasteiger partial charge in [0.15, 0.2) is 5.75 Å². The summed E-state index contributed by atoms with van der Waals surface area (Å²) in [5.74, 6) is 1.63. The van der Waals surface area contributed by atoms with Crippen molar-refractivity contribution in [2.45, 2.75) is 33.2 Å². The number of aromatic nitrogens is 2. The Labute approximate surface area is 113 Å². The van der Waals surface area contributed by atoms with Gasteiger partial charge in [-0.05, 0) is 36.6 Å². The fraction of sp³-hybridized carbons (Fsp3) is 0.333. The first-order valence-electron chi connectivity index (χ1n) is 6.40.